The summed E-state index contributed by atoms with van der Waals surface area (Å²) in [5.41, 5.74) is 0.258. The van der Waals surface area contributed by atoms with E-state index >= 15 is 0 Å². The van der Waals surface area contributed by atoms with Crippen molar-refractivity contribution in [1.29, 1.82) is 0 Å². The Morgan fingerprint density at radius 2 is 2.20 bits per heavy atom. The van der Waals surface area contributed by atoms with E-state index in [-0.39, 0.29) is 29.3 Å². The molecule has 1 N–H and O–H groups in total. The normalized spacial score (nSPS) is 16.0. The van der Waals surface area contributed by atoms with Gasteiger partial charge in [0, 0.05) is 25.1 Å². The summed E-state index contributed by atoms with van der Waals surface area (Å²) in [6.07, 6.45) is 3.89. The molecule has 0 atom stereocenters. The summed E-state index contributed by atoms with van der Waals surface area (Å²) in [6, 6.07) is 0.104. The van der Waals surface area contributed by atoms with E-state index < -0.39 is 5.97 Å². The highest BCUT2D eigenvalue weighted by Gasteiger charge is 2.22. The average molecular weight is 298 g/mol. The van der Waals surface area contributed by atoms with Gasteiger partial charge in [-0.2, -0.15) is 4.98 Å². The van der Waals surface area contributed by atoms with Gasteiger partial charge in [0.2, 0.25) is 5.28 Å². The zero-order valence-electron chi connectivity index (χ0n) is 11.2. The van der Waals surface area contributed by atoms with E-state index in [0.717, 1.165) is 12.8 Å². The van der Waals surface area contributed by atoms with Crippen molar-refractivity contribution in [2.45, 2.75) is 38.6 Å². The number of esters is 1. The van der Waals surface area contributed by atoms with E-state index in [4.69, 9.17) is 16.3 Å². The molecule has 1 aliphatic carbocycles. The van der Waals surface area contributed by atoms with E-state index in [2.05, 4.69) is 15.3 Å². The number of anilines is 1. The van der Waals surface area contributed by atoms with Crippen molar-refractivity contribution in [1.82, 2.24) is 9.97 Å². The van der Waals surface area contributed by atoms with Gasteiger partial charge in [-0.05, 0) is 31.4 Å². The second-order valence-corrected chi connectivity index (χ2v) is 4.92. The zero-order valence-corrected chi connectivity index (χ0v) is 11.9. The number of rotatable bonds is 4. The smallest absolute Gasteiger partial charge is 0.343 e. The molecule has 1 aromatic rings. The highest BCUT2D eigenvalue weighted by atomic mass is 35.5. The van der Waals surface area contributed by atoms with E-state index in [1.165, 1.54) is 6.20 Å². The number of carbonyl (C=O) groups excluding carboxylic acids is 2. The Bertz CT molecular complexity index is 512. The van der Waals surface area contributed by atoms with Crippen LogP contribution in [0.3, 0.4) is 0 Å². The van der Waals surface area contributed by atoms with Crippen molar-refractivity contribution < 1.29 is 14.3 Å². The molecule has 0 saturated heterocycles. The number of hydrogen-bond acceptors (Lipinski definition) is 6. The van der Waals surface area contributed by atoms with Crippen molar-refractivity contribution in [3.05, 3.63) is 17.0 Å². The van der Waals surface area contributed by atoms with Crippen LogP contribution >= 0.6 is 11.6 Å². The number of ether oxygens (including phenoxy) is 1. The molecule has 0 unspecified atom stereocenters. The van der Waals surface area contributed by atoms with Gasteiger partial charge in [-0.3, -0.25) is 4.79 Å². The van der Waals surface area contributed by atoms with Gasteiger partial charge in [-0.25, -0.2) is 9.78 Å². The fourth-order valence-electron chi connectivity index (χ4n) is 2.11. The molecule has 20 heavy (non-hydrogen) atoms. The van der Waals surface area contributed by atoms with Crippen LogP contribution in [-0.2, 0) is 9.53 Å². The Kier molecular flexibility index (Phi) is 4.89. The second kappa shape index (κ2) is 6.65. The summed E-state index contributed by atoms with van der Waals surface area (Å²) in [7, 11) is 0. The third kappa shape index (κ3) is 3.66. The van der Waals surface area contributed by atoms with Gasteiger partial charge in [0.1, 0.15) is 17.2 Å². The average Bonchev–Trinajstić information content (AvgIpc) is 2.42. The minimum Gasteiger partial charge on any atom is -0.462 e. The SMILES string of the molecule is CCOC(=O)c1cnc(Cl)nc1NC1CCC(=O)CC1. The van der Waals surface area contributed by atoms with Crippen molar-refractivity contribution in [2.75, 3.05) is 11.9 Å². The van der Waals surface area contributed by atoms with Crippen LogP contribution in [0.5, 0.6) is 0 Å². The molecular formula is C13H16ClN3O3. The minimum absolute atomic E-state index is 0.0624. The van der Waals surface area contributed by atoms with Crippen molar-refractivity contribution in [3.63, 3.8) is 0 Å². The van der Waals surface area contributed by atoms with Gasteiger partial charge in [0.15, 0.2) is 0 Å². The standard InChI is InChI=1S/C13H16ClN3O3/c1-2-20-12(19)10-7-15-13(14)17-11(10)16-8-3-5-9(18)6-4-8/h7-8H,2-6H2,1H3,(H,15,16,17). The number of hydrogen-bond donors (Lipinski definition) is 1. The lowest BCUT2D eigenvalue weighted by Crippen LogP contribution is -2.27. The maximum absolute atomic E-state index is 11.8. The molecule has 1 fully saturated rings. The number of aromatic nitrogens is 2. The zero-order chi connectivity index (χ0) is 14.5. The molecule has 1 heterocycles. The first kappa shape index (κ1) is 14.7. The highest BCUT2D eigenvalue weighted by Crippen LogP contribution is 2.22. The predicted molar refractivity (Wildman–Crippen MR) is 73.9 cm³/mol. The molecule has 1 aliphatic rings. The van der Waals surface area contributed by atoms with Gasteiger partial charge < -0.3 is 10.1 Å². The van der Waals surface area contributed by atoms with E-state index in [9.17, 15) is 9.59 Å². The van der Waals surface area contributed by atoms with Crippen LogP contribution in [0.25, 0.3) is 0 Å². The van der Waals surface area contributed by atoms with Crippen LogP contribution in [0.2, 0.25) is 5.28 Å². The number of halogens is 1. The first-order valence-electron chi connectivity index (χ1n) is 6.58. The van der Waals surface area contributed by atoms with Crippen LogP contribution in [0.15, 0.2) is 6.20 Å². The first-order chi connectivity index (χ1) is 9.60. The summed E-state index contributed by atoms with van der Waals surface area (Å²) in [5, 5.41) is 3.22. The van der Waals surface area contributed by atoms with Gasteiger partial charge in [-0.1, -0.05) is 0 Å². The predicted octanol–water partition coefficient (Wildman–Crippen LogP) is 2.23. The van der Waals surface area contributed by atoms with Crippen molar-refractivity contribution in [2.24, 2.45) is 0 Å². The Labute approximate surface area is 121 Å². The van der Waals surface area contributed by atoms with Crippen molar-refractivity contribution in [3.8, 4) is 0 Å². The summed E-state index contributed by atoms with van der Waals surface area (Å²) < 4.78 is 4.96. The van der Waals surface area contributed by atoms with Crippen LogP contribution in [0.1, 0.15) is 43.0 Å². The van der Waals surface area contributed by atoms with Crippen LogP contribution in [-0.4, -0.2) is 34.4 Å². The van der Waals surface area contributed by atoms with Gasteiger partial charge in [0.25, 0.3) is 0 Å². The second-order valence-electron chi connectivity index (χ2n) is 4.58. The first-order valence-corrected chi connectivity index (χ1v) is 6.96. The minimum atomic E-state index is -0.487. The van der Waals surface area contributed by atoms with Gasteiger partial charge in [0.05, 0.1) is 6.61 Å². The molecule has 0 radical (unpaired) electrons. The Morgan fingerprint density at radius 3 is 2.85 bits per heavy atom. The number of ketones is 1. The molecule has 1 aromatic heterocycles. The van der Waals surface area contributed by atoms with Crippen LogP contribution in [0.4, 0.5) is 5.82 Å². The molecule has 0 aliphatic heterocycles. The van der Waals surface area contributed by atoms with E-state index in [1.807, 2.05) is 0 Å². The van der Waals surface area contributed by atoms with Gasteiger partial charge >= 0.3 is 5.97 Å². The topological polar surface area (TPSA) is 81.2 Å². The number of Topliss-reactive ketones (excluding diaryl/α,β-unsaturated/α-hetero) is 1. The Hall–Kier alpha value is -1.69. The van der Waals surface area contributed by atoms with E-state index in [0.29, 0.717) is 18.7 Å². The lowest BCUT2D eigenvalue weighted by molar-refractivity contribution is -0.120. The van der Waals surface area contributed by atoms with Crippen LogP contribution in [0, 0.1) is 0 Å². The fraction of sp³-hybridized carbons (Fsp3) is 0.538. The summed E-state index contributed by atoms with van der Waals surface area (Å²) >= 11 is 5.77. The maximum atomic E-state index is 11.8. The molecule has 0 aromatic carbocycles. The molecule has 0 amide bonds. The molecule has 1 saturated carbocycles. The molecule has 2 rings (SSSR count). The lowest BCUT2D eigenvalue weighted by Gasteiger charge is -2.23. The molecule has 108 valence electrons. The largest absolute Gasteiger partial charge is 0.462 e. The van der Waals surface area contributed by atoms with E-state index in [1.54, 1.807) is 6.92 Å². The summed E-state index contributed by atoms with van der Waals surface area (Å²) in [4.78, 5) is 30.9. The molecule has 0 spiro atoms. The lowest BCUT2D eigenvalue weighted by atomic mass is 9.94. The Morgan fingerprint density at radius 1 is 1.50 bits per heavy atom. The third-order valence-electron chi connectivity index (χ3n) is 3.14. The highest BCUT2D eigenvalue weighted by molar-refractivity contribution is 6.28. The molecular weight excluding hydrogens is 282 g/mol. The summed E-state index contributed by atoms with van der Waals surface area (Å²) in [5.74, 6) is 0.149. The van der Waals surface area contributed by atoms with Crippen molar-refractivity contribution >= 4 is 29.2 Å². The molecule has 0 bridgehead atoms. The fourth-order valence-corrected chi connectivity index (χ4v) is 2.24. The third-order valence-corrected chi connectivity index (χ3v) is 3.32. The molecule has 6 nitrogen and oxygen atoms in total. The number of carbonyl (C=O) groups is 2. The quantitative estimate of drug-likeness (QED) is 0.678. The van der Waals surface area contributed by atoms with Gasteiger partial charge in [-0.15, -0.1) is 0 Å². The maximum Gasteiger partial charge on any atom is 0.343 e. The summed E-state index contributed by atoms with van der Waals surface area (Å²) in [6.45, 7) is 2.01. The Balaban J connectivity index is 2.14. The number of nitrogens with one attached hydrogen (secondary N) is 1. The molecule has 7 heteroatoms. The monoisotopic (exact) mass is 297 g/mol. The van der Waals surface area contributed by atoms with Crippen LogP contribution < -0.4 is 5.32 Å². The number of nitrogens with zero attached hydrogens (tertiary/aromatic N) is 2.